The SMILES string of the molecule is Nc1nc(-c2ccc(F)cc2Cl)c2cn[nH]c2n1. The first kappa shape index (κ1) is 10.9. The summed E-state index contributed by atoms with van der Waals surface area (Å²) in [6, 6.07) is 4.08. The number of aromatic nitrogens is 4. The number of rotatable bonds is 1. The molecule has 0 aliphatic carbocycles. The van der Waals surface area contributed by atoms with Crippen LogP contribution in [0.15, 0.2) is 24.4 Å². The Morgan fingerprint density at radius 3 is 2.89 bits per heavy atom. The molecule has 3 aromatic rings. The van der Waals surface area contributed by atoms with E-state index in [1.165, 1.54) is 12.1 Å². The number of hydrogen-bond donors (Lipinski definition) is 2. The number of nitrogens with one attached hydrogen (secondary N) is 1. The molecule has 0 aliphatic heterocycles. The van der Waals surface area contributed by atoms with Crippen LogP contribution in [0.3, 0.4) is 0 Å². The highest BCUT2D eigenvalue weighted by atomic mass is 35.5. The lowest BCUT2D eigenvalue weighted by Gasteiger charge is -2.05. The molecule has 5 nitrogen and oxygen atoms in total. The number of H-pyrrole nitrogens is 1. The molecule has 0 amide bonds. The van der Waals surface area contributed by atoms with Crippen LogP contribution in [0.25, 0.3) is 22.3 Å². The summed E-state index contributed by atoms with van der Waals surface area (Å²) in [4.78, 5) is 8.13. The first-order valence-electron chi connectivity index (χ1n) is 5.07. The maximum Gasteiger partial charge on any atom is 0.222 e. The van der Waals surface area contributed by atoms with E-state index in [-0.39, 0.29) is 11.0 Å². The van der Waals surface area contributed by atoms with Crippen LogP contribution in [-0.4, -0.2) is 20.2 Å². The maximum absolute atomic E-state index is 13.0. The third-order valence-electron chi connectivity index (χ3n) is 2.51. The molecule has 3 N–H and O–H groups in total. The van der Waals surface area contributed by atoms with E-state index in [0.717, 1.165) is 0 Å². The van der Waals surface area contributed by atoms with Gasteiger partial charge in [-0.1, -0.05) is 11.6 Å². The van der Waals surface area contributed by atoms with Crippen LogP contribution < -0.4 is 5.73 Å². The molecule has 3 rings (SSSR count). The highest BCUT2D eigenvalue weighted by molar-refractivity contribution is 6.33. The molecule has 0 atom stereocenters. The molecular formula is C11H7ClFN5. The van der Waals surface area contributed by atoms with E-state index in [9.17, 15) is 4.39 Å². The number of fused-ring (bicyclic) bond motifs is 1. The van der Waals surface area contributed by atoms with Gasteiger partial charge in [-0.15, -0.1) is 0 Å². The molecule has 0 unspecified atom stereocenters. The molecule has 0 spiro atoms. The largest absolute Gasteiger partial charge is 0.368 e. The second-order valence-electron chi connectivity index (χ2n) is 3.69. The highest BCUT2D eigenvalue weighted by Crippen LogP contribution is 2.31. The van der Waals surface area contributed by atoms with E-state index in [4.69, 9.17) is 17.3 Å². The average molecular weight is 264 g/mol. The number of aromatic amines is 1. The van der Waals surface area contributed by atoms with Gasteiger partial charge in [-0.2, -0.15) is 10.1 Å². The summed E-state index contributed by atoms with van der Waals surface area (Å²) in [5.74, 6) is -0.309. The van der Waals surface area contributed by atoms with Gasteiger partial charge in [0.05, 0.1) is 22.3 Å². The van der Waals surface area contributed by atoms with Crippen molar-refractivity contribution >= 4 is 28.6 Å². The monoisotopic (exact) mass is 263 g/mol. The van der Waals surface area contributed by atoms with Crippen molar-refractivity contribution < 1.29 is 4.39 Å². The highest BCUT2D eigenvalue weighted by Gasteiger charge is 2.13. The smallest absolute Gasteiger partial charge is 0.222 e. The van der Waals surface area contributed by atoms with E-state index >= 15 is 0 Å². The minimum Gasteiger partial charge on any atom is -0.368 e. The van der Waals surface area contributed by atoms with Crippen LogP contribution in [0.1, 0.15) is 0 Å². The number of nitrogens with zero attached hydrogens (tertiary/aromatic N) is 3. The number of nitrogens with two attached hydrogens (primary N) is 1. The Balaban J connectivity index is 2.33. The Morgan fingerprint density at radius 2 is 2.11 bits per heavy atom. The molecule has 1 aromatic carbocycles. The number of hydrogen-bond acceptors (Lipinski definition) is 4. The predicted molar refractivity (Wildman–Crippen MR) is 66.5 cm³/mol. The molecule has 7 heteroatoms. The summed E-state index contributed by atoms with van der Waals surface area (Å²) in [5.41, 5.74) is 7.23. The fourth-order valence-electron chi connectivity index (χ4n) is 1.74. The quantitative estimate of drug-likeness (QED) is 0.706. The molecule has 90 valence electrons. The topological polar surface area (TPSA) is 80.5 Å². The molecule has 0 saturated carbocycles. The molecule has 18 heavy (non-hydrogen) atoms. The van der Waals surface area contributed by atoms with Crippen LogP contribution in [-0.2, 0) is 0 Å². The Labute approximate surface area is 106 Å². The second-order valence-corrected chi connectivity index (χ2v) is 4.09. The van der Waals surface area contributed by atoms with Crippen molar-refractivity contribution in [1.29, 1.82) is 0 Å². The van der Waals surface area contributed by atoms with E-state index in [0.29, 0.717) is 22.3 Å². The summed E-state index contributed by atoms with van der Waals surface area (Å²) in [6.45, 7) is 0. The third-order valence-corrected chi connectivity index (χ3v) is 2.83. The van der Waals surface area contributed by atoms with Gasteiger partial charge in [-0.25, -0.2) is 9.37 Å². The normalized spacial score (nSPS) is 11.0. The van der Waals surface area contributed by atoms with Crippen molar-refractivity contribution in [3.63, 3.8) is 0 Å². The number of halogens is 2. The minimum absolute atomic E-state index is 0.0992. The average Bonchev–Trinajstić information content (AvgIpc) is 2.76. The van der Waals surface area contributed by atoms with Gasteiger partial charge in [0.15, 0.2) is 5.65 Å². The van der Waals surface area contributed by atoms with Crippen molar-refractivity contribution in [2.45, 2.75) is 0 Å². The molecule has 2 aromatic heterocycles. The lowest BCUT2D eigenvalue weighted by atomic mass is 10.1. The number of benzene rings is 1. The predicted octanol–water partition coefficient (Wildman–Crippen LogP) is 2.39. The fourth-order valence-corrected chi connectivity index (χ4v) is 2.00. The number of anilines is 1. The first-order chi connectivity index (χ1) is 8.65. The van der Waals surface area contributed by atoms with E-state index in [2.05, 4.69) is 20.2 Å². The molecule has 0 saturated heterocycles. The van der Waals surface area contributed by atoms with Crippen molar-refractivity contribution in [2.75, 3.05) is 5.73 Å². The van der Waals surface area contributed by atoms with Crippen LogP contribution in [0, 0.1) is 5.82 Å². The summed E-state index contributed by atoms with van der Waals surface area (Å²) in [7, 11) is 0. The Bertz CT molecular complexity index is 739. The van der Waals surface area contributed by atoms with E-state index in [1.807, 2.05) is 0 Å². The van der Waals surface area contributed by atoms with Crippen LogP contribution in [0.5, 0.6) is 0 Å². The summed E-state index contributed by atoms with van der Waals surface area (Å²) < 4.78 is 13.0. The molecule has 0 aliphatic rings. The molecule has 0 fully saturated rings. The molecule has 0 radical (unpaired) electrons. The van der Waals surface area contributed by atoms with Gasteiger partial charge in [-0.3, -0.25) is 5.10 Å². The lowest BCUT2D eigenvalue weighted by molar-refractivity contribution is 0.628. The zero-order chi connectivity index (χ0) is 12.7. The summed E-state index contributed by atoms with van der Waals surface area (Å²) in [5, 5.41) is 7.52. The number of nitrogen functional groups attached to an aromatic ring is 1. The lowest BCUT2D eigenvalue weighted by Crippen LogP contribution is -1.97. The summed E-state index contributed by atoms with van der Waals surface area (Å²) in [6.07, 6.45) is 1.57. The van der Waals surface area contributed by atoms with Crippen LogP contribution in [0.4, 0.5) is 10.3 Å². The van der Waals surface area contributed by atoms with E-state index < -0.39 is 5.82 Å². The van der Waals surface area contributed by atoms with E-state index in [1.54, 1.807) is 12.3 Å². The van der Waals surface area contributed by atoms with Crippen LogP contribution >= 0.6 is 11.6 Å². The minimum atomic E-state index is -0.408. The van der Waals surface area contributed by atoms with Gasteiger partial charge in [-0.05, 0) is 18.2 Å². The second kappa shape index (κ2) is 3.92. The van der Waals surface area contributed by atoms with Gasteiger partial charge in [0.2, 0.25) is 5.95 Å². The van der Waals surface area contributed by atoms with Gasteiger partial charge in [0, 0.05) is 5.56 Å². The third kappa shape index (κ3) is 1.67. The van der Waals surface area contributed by atoms with Gasteiger partial charge in [0.1, 0.15) is 5.82 Å². The fraction of sp³-hybridized carbons (Fsp3) is 0. The van der Waals surface area contributed by atoms with Crippen molar-refractivity contribution in [3.05, 3.63) is 35.2 Å². The molecule has 0 bridgehead atoms. The maximum atomic E-state index is 13.0. The van der Waals surface area contributed by atoms with Gasteiger partial charge >= 0.3 is 0 Å². The van der Waals surface area contributed by atoms with Gasteiger partial charge in [0.25, 0.3) is 0 Å². The van der Waals surface area contributed by atoms with Crippen molar-refractivity contribution in [2.24, 2.45) is 0 Å². The van der Waals surface area contributed by atoms with Gasteiger partial charge < -0.3 is 5.73 Å². The van der Waals surface area contributed by atoms with Crippen molar-refractivity contribution in [1.82, 2.24) is 20.2 Å². The zero-order valence-corrected chi connectivity index (χ0v) is 9.74. The summed E-state index contributed by atoms with van der Waals surface area (Å²) >= 11 is 6.01. The Kier molecular flexibility index (Phi) is 2.38. The first-order valence-corrected chi connectivity index (χ1v) is 5.45. The van der Waals surface area contributed by atoms with Crippen LogP contribution in [0.2, 0.25) is 5.02 Å². The molecule has 2 heterocycles. The zero-order valence-electron chi connectivity index (χ0n) is 8.98. The Morgan fingerprint density at radius 1 is 1.28 bits per heavy atom. The standard InChI is InChI=1S/C11H7ClFN5/c12-8-3-5(13)1-2-6(8)9-7-4-15-18-10(7)17-11(14)16-9/h1-4H,(H3,14,15,16,17,18). The molecular weight excluding hydrogens is 257 g/mol. The Hall–Kier alpha value is -2.21. The van der Waals surface area contributed by atoms with Crippen molar-refractivity contribution in [3.8, 4) is 11.3 Å².